The Morgan fingerprint density at radius 3 is 2.76 bits per heavy atom. The van der Waals surface area contributed by atoms with Gasteiger partial charge in [0.25, 0.3) is 0 Å². The standard InChI is InChI=1S/C12H16N4S/c1-9-6-13-7-11(15-9)14-5-3-4-12-16-10(2)8-17-12/h6-8H,3-5H2,1-2H3,(H,14,15). The summed E-state index contributed by atoms with van der Waals surface area (Å²) in [5, 5.41) is 6.57. The molecule has 2 aromatic rings. The molecule has 0 spiro atoms. The number of thiazole rings is 1. The Hall–Kier alpha value is -1.49. The number of aromatic nitrogens is 3. The summed E-state index contributed by atoms with van der Waals surface area (Å²) in [4.78, 5) is 12.9. The second kappa shape index (κ2) is 5.72. The molecule has 0 aromatic carbocycles. The van der Waals surface area contributed by atoms with Crippen LogP contribution in [0, 0.1) is 13.8 Å². The van der Waals surface area contributed by atoms with E-state index in [0.29, 0.717) is 0 Å². The Morgan fingerprint density at radius 1 is 1.18 bits per heavy atom. The van der Waals surface area contributed by atoms with Gasteiger partial charge < -0.3 is 5.32 Å². The van der Waals surface area contributed by atoms with E-state index in [4.69, 9.17) is 0 Å². The summed E-state index contributed by atoms with van der Waals surface area (Å²) in [7, 11) is 0. The third-order valence-corrected chi connectivity index (χ3v) is 3.32. The molecule has 0 saturated carbocycles. The minimum absolute atomic E-state index is 0.848. The van der Waals surface area contributed by atoms with Crippen LogP contribution in [0.15, 0.2) is 17.8 Å². The van der Waals surface area contributed by atoms with Crippen molar-refractivity contribution in [1.29, 1.82) is 0 Å². The molecule has 17 heavy (non-hydrogen) atoms. The predicted molar refractivity (Wildman–Crippen MR) is 70.4 cm³/mol. The molecule has 2 rings (SSSR count). The smallest absolute Gasteiger partial charge is 0.144 e. The molecule has 0 aliphatic heterocycles. The molecular weight excluding hydrogens is 232 g/mol. The van der Waals surface area contributed by atoms with Crippen molar-refractivity contribution >= 4 is 17.2 Å². The van der Waals surface area contributed by atoms with Crippen LogP contribution in [0.5, 0.6) is 0 Å². The van der Waals surface area contributed by atoms with E-state index in [2.05, 4.69) is 25.6 Å². The molecule has 5 heteroatoms. The molecule has 90 valence electrons. The Labute approximate surface area is 105 Å². The fourth-order valence-electron chi connectivity index (χ4n) is 1.52. The van der Waals surface area contributed by atoms with Gasteiger partial charge in [-0.05, 0) is 20.3 Å². The number of aryl methyl sites for hydroxylation is 3. The molecule has 0 bridgehead atoms. The van der Waals surface area contributed by atoms with E-state index in [-0.39, 0.29) is 0 Å². The van der Waals surface area contributed by atoms with Crippen molar-refractivity contribution in [2.24, 2.45) is 0 Å². The van der Waals surface area contributed by atoms with E-state index in [9.17, 15) is 0 Å². The Kier molecular flexibility index (Phi) is 4.03. The second-order valence-electron chi connectivity index (χ2n) is 3.96. The summed E-state index contributed by atoms with van der Waals surface area (Å²) in [6.45, 7) is 4.87. The van der Waals surface area contributed by atoms with Gasteiger partial charge in [-0.3, -0.25) is 4.98 Å². The minimum Gasteiger partial charge on any atom is -0.369 e. The summed E-state index contributed by atoms with van der Waals surface area (Å²) in [6.07, 6.45) is 5.58. The van der Waals surface area contributed by atoms with Crippen LogP contribution in [-0.4, -0.2) is 21.5 Å². The molecule has 0 unspecified atom stereocenters. The lowest BCUT2D eigenvalue weighted by atomic mass is 10.3. The molecule has 2 aromatic heterocycles. The predicted octanol–water partition coefficient (Wildman–Crippen LogP) is 2.59. The number of hydrogen-bond acceptors (Lipinski definition) is 5. The van der Waals surface area contributed by atoms with Crippen LogP contribution < -0.4 is 5.32 Å². The van der Waals surface area contributed by atoms with Gasteiger partial charge in [0.2, 0.25) is 0 Å². The van der Waals surface area contributed by atoms with Crippen LogP contribution in [0.3, 0.4) is 0 Å². The second-order valence-corrected chi connectivity index (χ2v) is 4.90. The van der Waals surface area contributed by atoms with Crippen molar-refractivity contribution in [3.8, 4) is 0 Å². The first-order valence-corrected chi connectivity index (χ1v) is 6.55. The zero-order chi connectivity index (χ0) is 12.1. The fourth-order valence-corrected chi connectivity index (χ4v) is 2.34. The highest BCUT2D eigenvalue weighted by atomic mass is 32.1. The first-order chi connectivity index (χ1) is 8.24. The lowest BCUT2D eigenvalue weighted by molar-refractivity contribution is 0.846. The van der Waals surface area contributed by atoms with Gasteiger partial charge in [0.05, 0.1) is 16.9 Å². The molecule has 2 heterocycles. The third kappa shape index (κ3) is 3.78. The number of rotatable bonds is 5. The summed E-state index contributed by atoms with van der Waals surface area (Å²) in [5.41, 5.74) is 2.05. The average Bonchev–Trinajstić information content (AvgIpc) is 2.71. The molecular formula is C12H16N4S. The van der Waals surface area contributed by atoms with Gasteiger partial charge in [0.15, 0.2) is 0 Å². The fraction of sp³-hybridized carbons (Fsp3) is 0.417. The van der Waals surface area contributed by atoms with Gasteiger partial charge in [-0.15, -0.1) is 11.3 Å². The summed E-state index contributed by atoms with van der Waals surface area (Å²) >= 11 is 1.73. The lowest BCUT2D eigenvalue weighted by Gasteiger charge is -2.04. The van der Waals surface area contributed by atoms with E-state index in [1.165, 1.54) is 5.01 Å². The van der Waals surface area contributed by atoms with Crippen molar-refractivity contribution < 1.29 is 0 Å². The van der Waals surface area contributed by atoms with Crippen LogP contribution in [0.1, 0.15) is 22.8 Å². The Bertz CT molecular complexity index is 481. The molecule has 0 radical (unpaired) electrons. The van der Waals surface area contributed by atoms with Crippen molar-refractivity contribution in [1.82, 2.24) is 15.0 Å². The van der Waals surface area contributed by atoms with Crippen molar-refractivity contribution in [3.63, 3.8) is 0 Å². The molecule has 0 aliphatic rings. The maximum Gasteiger partial charge on any atom is 0.144 e. The first kappa shape index (κ1) is 12.0. The maximum absolute atomic E-state index is 4.43. The first-order valence-electron chi connectivity index (χ1n) is 5.67. The van der Waals surface area contributed by atoms with E-state index in [1.807, 2.05) is 13.8 Å². The van der Waals surface area contributed by atoms with E-state index in [1.54, 1.807) is 23.7 Å². The van der Waals surface area contributed by atoms with Gasteiger partial charge in [-0.1, -0.05) is 0 Å². The van der Waals surface area contributed by atoms with Crippen LogP contribution in [0.25, 0.3) is 0 Å². The Balaban J connectivity index is 1.73. The maximum atomic E-state index is 4.43. The van der Waals surface area contributed by atoms with Crippen LogP contribution in [0.2, 0.25) is 0 Å². The number of hydrogen-bond donors (Lipinski definition) is 1. The van der Waals surface area contributed by atoms with Gasteiger partial charge in [-0.2, -0.15) is 0 Å². The molecule has 1 N–H and O–H groups in total. The van der Waals surface area contributed by atoms with Crippen LogP contribution in [0.4, 0.5) is 5.82 Å². The summed E-state index contributed by atoms with van der Waals surface area (Å²) in [5.74, 6) is 0.848. The topological polar surface area (TPSA) is 50.7 Å². The largest absolute Gasteiger partial charge is 0.369 e. The van der Waals surface area contributed by atoms with E-state index in [0.717, 1.165) is 36.6 Å². The van der Waals surface area contributed by atoms with Gasteiger partial charge >= 0.3 is 0 Å². The minimum atomic E-state index is 0.848. The zero-order valence-corrected chi connectivity index (χ0v) is 10.9. The van der Waals surface area contributed by atoms with E-state index < -0.39 is 0 Å². The zero-order valence-electron chi connectivity index (χ0n) is 10.1. The number of nitrogens with zero attached hydrogens (tertiary/aromatic N) is 3. The average molecular weight is 248 g/mol. The highest BCUT2D eigenvalue weighted by molar-refractivity contribution is 7.09. The molecule has 0 amide bonds. The monoisotopic (exact) mass is 248 g/mol. The quantitative estimate of drug-likeness (QED) is 0.826. The van der Waals surface area contributed by atoms with Gasteiger partial charge in [0, 0.05) is 30.2 Å². The van der Waals surface area contributed by atoms with Crippen molar-refractivity contribution in [2.45, 2.75) is 26.7 Å². The molecule has 0 saturated heterocycles. The third-order valence-electron chi connectivity index (χ3n) is 2.30. The SMILES string of the molecule is Cc1cncc(NCCCc2nc(C)cs2)n1. The van der Waals surface area contributed by atoms with Crippen LogP contribution in [-0.2, 0) is 6.42 Å². The molecule has 0 atom stereocenters. The molecule has 4 nitrogen and oxygen atoms in total. The molecule has 0 fully saturated rings. The van der Waals surface area contributed by atoms with Crippen LogP contribution >= 0.6 is 11.3 Å². The lowest BCUT2D eigenvalue weighted by Crippen LogP contribution is -2.05. The highest BCUT2D eigenvalue weighted by Crippen LogP contribution is 2.10. The van der Waals surface area contributed by atoms with Crippen molar-refractivity contribution in [2.75, 3.05) is 11.9 Å². The van der Waals surface area contributed by atoms with Crippen molar-refractivity contribution in [3.05, 3.63) is 34.2 Å². The number of anilines is 1. The summed E-state index contributed by atoms with van der Waals surface area (Å²) < 4.78 is 0. The van der Waals surface area contributed by atoms with E-state index >= 15 is 0 Å². The Morgan fingerprint density at radius 2 is 2.06 bits per heavy atom. The van der Waals surface area contributed by atoms with Gasteiger partial charge in [0.1, 0.15) is 5.82 Å². The highest BCUT2D eigenvalue weighted by Gasteiger charge is 1.99. The normalized spacial score (nSPS) is 10.5. The van der Waals surface area contributed by atoms with Gasteiger partial charge in [-0.25, -0.2) is 9.97 Å². The summed E-state index contributed by atoms with van der Waals surface area (Å²) in [6, 6.07) is 0. The molecule has 0 aliphatic carbocycles. The number of nitrogens with one attached hydrogen (secondary N) is 1.